The first-order valence-electron chi connectivity index (χ1n) is 20.3. The van der Waals surface area contributed by atoms with E-state index < -0.39 is 46.8 Å². The van der Waals surface area contributed by atoms with Crippen LogP contribution in [0.5, 0.6) is 0 Å². The number of nitrogens with one attached hydrogen (secondary N) is 2. The van der Waals surface area contributed by atoms with Crippen molar-refractivity contribution >= 4 is 58.1 Å². The Labute approximate surface area is 355 Å². The number of esters is 1. The highest BCUT2D eigenvalue weighted by Gasteiger charge is 2.54. The summed E-state index contributed by atoms with van der Waals surface area (Å²) < 4.78 is 38.0. The Morgan fingerprint density at radius 1 is 0.967 bits per heavy atom. The number of aromatic nitrogens is 1. The molecule has 7 rings (SSSR count). The monoisotopic (exact) mass is 839 g/mol. The molecule has 15 heteroatoms. The molecule has 61 heavy (non-hydrogen) atoms. The van der Waals surface area contributed by atoms with E-state index >= 15 is 4.39 Å². The molecule has 0 radical (unpaired) electrons. The van der Waals surface area contributed by atoms with Gasteiger partial charge in [-0.1, -0.05) is 31.2 Å². The number of imide groups is 1. The Morgan fingerprint density at radius 3 is 2.25 bits per heavy atom. The van der Waals surface area contributed by atoms with Gasteiger partial charge in [-0.3, -0.25) is 14.9 Å². The molecule has 4 aromatic rings. The van der Waals surface area contributed by atoms with Crippen LogP contribution in [0.25, 0.3) is 10.8 Å². The van der Waals surface area contributed by atoms with E-state index in [2.05, 4.69) is 15.6 Å². The lowest BCUT2D eigenvalue weighted by molar-refractivity contribution is -0.146. The number of hydrogen-bond donors (Lipinski definition) is 2. The number of likely N-dealkylation sites (N-methyl/N-ethyl adjacent to an activating group) is 1. The first-order valence-corrected chi connectivity index (χ1v) is 20.3. The van der Waals surface area contributed by atoms with Gasteiger partial charge in [-0.2, -0.15) is 4.90 Å². The van der Waals surface area contributed by atoms with Crippen LogP contribution in [0, 0.1) is 12.7 Å². The molecule has 1 saturated carbocycles. The van der Waals surface area contributed by atoms with Gasteiger partial charge in [0.1, 0.15) is 23.1 Å². The van der Waals surface area contributed by atoms with E-state index in [1.54, 1.807) is 79.8 Å². The Balaban J connectivity index is 1.43. The zero-order valence-corrected chi connectivity index (χ0v) is 36.4. The molecular formula is C46H54FN5O9. The Kier molecular flexibility index (Phi) is 12.4. The van der Waals surface area contributed by atoms with Crippen LogP contribution in [-0.4, -0.2) is 71.5 Å². The van der Waals surface area contributed by atoms with E-state index in [0.717, 1.165) is 17.3 Å². The molecule has 3 aromatic carbocycles. The third-order valence-corrected chi connectivity index (χ3v) is 10.4. The fourth-order valence-corrected chi connectivity index (χ4v) is 7.46. The van der Waals surface area contributed by atoms with Gasteiger partial charge >= 0.3 is 24.2 Å². The SMILES string of the molecule is CCOC(=O)C1(c2ccc3cc2CN(C)C(=O)[C@H](Nc2ccc4c(N(C(=O)OC(C)(C)C)C(=O)OC(C)(C)C)ncc(F)c4c2)c2ccc(c(C)c2)[C@@H](C)COC(=O)N3)CC1. The topological polar surface area (TPSA) is 166 Å². The van der Waals surface area contributed by atoms with Gasteiger partial charge in [0.25, 0.3) is 0 Å². The van der Waals surface area contributed by atoms with Crippen LogP contribution in [0.2, 0.25) is 0 Å². The lowest BCUT2D eigenvalue weighted by Crippen LogP contribution is -2.44. The molecule has 0 unspecified atom stereocenters. The van der Waals surface area contributed by atoms with Crippen molar-refractivity contribution in [1.29, 1.82) is 0 Å². The zero-order chi connectivity index (χ0) is 44.6. The fraction of sp³-hybridized carbons (Fsp3) is 0.435. The number of carbonyl (C=O) groups excluding carboxylic acids is 5. The Morgan fingerprint density at radius 2 is 1.64 bits per heavy atom. The first kappa shape index (κ1) is 44.3. The van der Waals surface area contributed by atoms with Crippen molar-refractivity contribution in [3.63, 3.8) is 0 Å². The molecule has 2 N–H and O–H groups in total. The number of carbonyl (C=O) groups is 5. The predicted octanol–water partition coefficient (Wildman–Crippen LogP) is 9.43. The molecule has 1 fully saturated rings. The molecule has 324 valence electrons. The molecule has 0 saturated heterocycles. The number of hydrogen-bond acceptors (Lipinski definition) is 11. The largest absolute Gasteiger partial charge is 0.465 e. The number of nitrogens with zero attached hydrogens (tertiary/aromatic N) is 3. The Hall–Kier alpha value is -6.25. The highest BCUT2D eigenvalue weighted by molar-refractivity contribution is 6.14. The third-order valence-electron chi connectivity index (χ3n) is 10.4. The number of fused-ring (bicyclic) bond motifs is 10. The summed E-state index contributed by atoms with van der Waals surface area (Å²) in [5.74, 6) is -1.85. The van der Waals surface area contributed by atoms with Crippen molar-refractivity contribution in [3.8, 4) is 0 Å². The van der Waals surface area contributed by atoms with Gasteiger partial charge < -0.3 is 29.2 Å². The van der Waals surface area contributed by atoms with Gasteiger partial charge in [-0.05, 0) is 126 Å². The predicted molar refractivity (Wildman–Crippen MR) is 228 cm³/mol. The molecule has 4 bridgehead atoms. The number of halogens is 1. The maximum atomic E-state index is 15.8. The van der Waals surface area contributed by atoms with E-state index in [4.69, 9.17) is 18.9 Å². The van der Waals surface area contributed by atoms with Crippen molar-refractivity contribution in [1.82, 2.24) is 9.88 Å². The van der Waals surface area contributed by atoms with Crippen LogP contribution in [0.15, 0.2) is 60.8 Å². The first-order chi connectivity index (χ1) is 28.6. The highest BCUT2D eigenvalue weighted by atomic mass is 19.1. The molecular weight excluding hydrogens is 786 g/mol. The van der Waals surface area contributed by atoms with Crippen LogP contribution < -0.4 is 15.5 Å². The van der Waals surface area contributed by atoms with Gasteiger partial charge in [0.15, 0.2) is 5.82 Å². The van der Waals surface area contributed by atoms with Gasteiger partial charge in [0.2, 0.25) is 5.91 Å². The Bertz CT molecular complexity index is 2360. The maximum absolute atomic E-state index is 15.8. The summed E-state index contributed by atoms with van der Waals surface area (Å²) >= 11 is 0. The van der Waals surface area contributed by atoms with E-state index in [9.17, 15) is 24.0 Å². The number of pyridine rings is 1. The average Bonchev–Trinajstić information content (AvgIpc) is 3.97. The maximum Gasteiger partial charge on any atom is 0.425 e. The summed E-state index contributed by atoms with van der Waals surface area (Å²) in [6, 6.07) is 14.4. The second-order valence-electron chi connectivity index (χ2n) is 17.7. The standard InChI is InChI=1S/C46H54FN5O9/c1-11-58-40(54)46(18-19-46)35-17-14-30-21-29(35)24-51(10)39(53)37(28-12-15-32(26(2)20-28)27(3)25-59-41(55)50-30)49-31-13-16-33-34(22-31)36(47)23-48-38(33)52(42(56)60-44(4,5)6)43(57)61-45(7,8)9/h12-17,20-23,27,37,49H,11,18-19,24-25H2,1-10H3,(H,50,55)/t27-,37+/m0/s1. The van der Waals surface area contributed by atoms with Crippen molar-refractivity contribution in [2.45, 2.75) is 110 Å². The number of rotatable bonds is 6. The summed E-state index contributed by atoms with van der Waals surface area (Å²) in [5, 5.41) is 6.23. The molecule has 3 aliphatic rings. The summed E-state index contributed by atoms with van der Waals surface area (Å²) in [6.07, 6.45) is -0.712. The minimum absolute atomic E-state index is 0.00122. The second kappa shape index (κ2) is 17.0. The summed E-state index contributed by atoms with van der Waals surface area (Å²) in [6.45, 7) is 15.8. The summed E-state index contributed by atoms with van der Waals surface area (Å²) in [7, 11) is 1.64. The van der Waals surface area contributed by atoms with E-state index in [0.29, 0.717) is 45.8 Å². The number of aryl methyl sites for hydroxylation is 1. The van der Waals surface area contributed by atoms with Crippen LogP contribution in [-0.2, 0) is 40.5 Å². The molecule has 0 spiro atoms. The molecule has 2 aliphatic heterocycles. The van der Waals surface area contributed by atoms with Crippen LogP contribution in [0.3, 0.4) is 0 Å². The van der Waals surface area contributed by atoms with Crippen molar-refractivity contribution in [2.24, 2.45) is 0 Å². The lowest BCUT2D eigenvalue weighted by atomic mass is 9.90. The normalized spacial score (nSPS) is 17.9. The average molecular weight is 840 g/mol. The van der Waals surface area contributed by atoms with Crippen molar-refractivity contribution in [2.75, 3.05) is 35.8 Å². The second-order valence-corrected chi connectivity index (χ2v) is 17.7. The number of amides is 4. The van der Waals surface area contributed by atoms with E-state index in [-0.39, 0.29) is 54.1 Å². The van der Waals surface area contributed by atoms with Gasteiger partial charge in [0, 0.05) is 41.7 Å². The van der Waals surface area contributed by atoms with Crippen LogP contribution >= 0.6 is 0 Å². The van der Waals surface area contributed by atoms with Gasteiger partial charge in [-0.25, -0.2) is 23.8 Å². The minimum atomic E-state index is -1.06. The molecule has 14 nitrogen and oxygen atoms in total. The molecule has 1 aromatic heterocycles. The van der Waals surface area contributed by atoms with Crippen LogP contribution in [0.4, 0.5) is 36.0 Å². The summed E-state index contributed by atoms with van der Waals surface area (Å²) in [5.41, 5.74) is 1.63. The smallest absolute Gasteiger partial charge is 0.425 e. The van der Waals surface area contributed by atoms with Gasteiger partial charge in [-0.15, -0.1) is 0 Å². The molecule has 3 heterocycles. The lowest BCUT2D eigenvalue weighted by Gasteiger charge is -2.29. The number of anilines is 3. The summed E-state index contributed by atoms with van der Waals surface area (Å²) in [4.78, 5) is 74.4. The quantitative estimate of drug-likeness (QED) is 0.140. The highest BCUT2D eigenvalue weighted by Crippen LogP contribution is 2.51. The molecule has 2 atom stereocenters. The number of benzene rings is 3. The minimum Gasteiger partial charge on any atom is -0.465 e. The van der Waals surface area contributed by atoms with E-state index in [1.165, 1.54) is 17.0 Å². The number of ether oxygens (including phenoxy) is 4. The van der Waals surface area contributed by atoms with Gasteiger partial charge in [0.05, 0.1) is 24.8 Å². The fourth-order valence-electron chi connectivity index (χ4n) is 7.46. The third kappa shape index (κ3) is 9.87. The zero-order valence-electron chi connectivity index (χ0n) is 36.4. The van der Waals surface area contributed by atoms with Crippen molar-refractivity contribution < 1.29 is 47.3 Å². The van der Waals surface area contributed by atoms with Crippen LogP contribution in [0.1, 0.15) is 108 Å². The molecule has 1 aliphatic carbocycles. The molecule has 4 amide bonds. The van der Waals surface area contributed by atoms with E-state index in [1.807, 2.05) is 32.0 Å². The van der Waals surface area contributed by atoms with Crippen molar-refractivity contribution in [3.05, 3.63) is 94.4 Å².